The third-order valence-electron chi connectivity index (χ3n) is 2.79. The number of rotatable bonds is 7. The van der Waals surface area contributed by atoms with Gasteiger partial charge in [0.15, 0.2) is 0 Å². The summed E-state index contributed by atoms with van der Waals surface area (Å²) in [4.78, 5) is 11.5. The summed E-state index contributed by atoms with van der Waals surface area (Å²) >= 11 is 0. The van der Waals surface area contributed by atoms with Crippen LogP contribution in [-0.4, -0.2) is 12.6 Å². The van der Waals surface area contributed by atoms with Crippen molar-refractivity contribution in [3.63, 3.8) is 0 Å². The van der Waals surface area contributed by atoms with Crippen LogP contribution in [0.3, 0.4) is 0 Å². The van der Waals surface area contributed by atoms with Crippen LogP contribution < -0.4 is 0 Å². The zero-order valence-corrected chi connectivity index (χ0v) is 10.9. The third kappa shape index (κ3) is 7.40. The van der Waals surface area contributed by atoms with Gasteiger partial charge in [-0.05, 0) is 24.7 Å². The summed E-state index contributed by atoms with van der Waals surface area (Å²) in [6.45, 7) is 11.0. The number of esters is 1. The van der Waals surface area contributed by atoms with Crippen molar-refractivity contribution in [1.29, 1.82) is 0 Å². The van der Waals surface area contributed by atoms with E-state index >= 15 is 0 Å². The number of hydrogen-bond acceptors (Lipinski definition) is 2. The second-order valence-corrected chi connectivity index (χ2v) is 5.09. The molecule has 0 aliphatic rings. The van der Waals surface area contributed by atoms with E-state index in [-0.39, 0.29) is 11.9 Å². The lowest BCUT2D eigenvalue weighted by molar-refractivity contribution is -0.149. The molecule has 0 aromatic heterocycles. The summed E-state index contributed by atoms with van der Waals surface area (Å²) in [6, 6.07) is 0. The Kier molecular flexibility index (Phi) is 7.45. The molecular formula is C13H26O2. The first kappa shape index (κ1) is 14.5. The highest BCUT2D eigenvalue weighted by molar-refractivity contribution is 5.72. The van der Waals surface area contributed by atoms with Crippen molar-refractivity contribution >= 4 is 5.97 Å². The largest absolute Gasteiger partial charge is 0.465 e. The van der Waals surface area contributed by atoms with Crippen LogP contribution in [0.2, 0.25) is 0 Å². The number of carbonyl (C=O) groups excluding carboxylic acids is 1. The fraction of sp³-hybridized carbons (Fsp3) is 0.923. The fourth-order valence-corrected chi connectivity index (χ4v) is 1.23. The fourth-order valence-electron chi connectivity index (χ4n) is 1.23. The van der Waals surface area contributed by atoms with Crippen LogP contribution in [0, 0.1) is 17.8 Å². The van der Waals surface area contributed by atoms with Crippen molar-refractivity contribution < 1.29 is 9.53 Å². The molecule has 0 N–H and O–H groups in total. The van der Waals surface area contributed by atoms with E-state index in [4.69, 9.17) is 4.74 Å². The minimum Gasteiger partial charge on any atom is -0.465 e. The lowest BCUT2D eigenvalue weighted by Crippen LogP contribution is -2.20. The molecule has 0 fully saturated rings. The number of ether oxygens (including phenoxy) is 1. The quantitative estimate of drug-likeness (QED) is 0.477. The van der Waals surface area contributed by atoms with E-state index in [0.717, 1.165) is 18.8 Å². The van der Waals surface area contributed by atoms with Gasteiger partial charge in [-0.2, -0.15) is 0 Å². The van der Waals surface area contributed by atoms with Gasteiger partial charge in [-0.3, -0.25) is 4.79 Å². The van der Waals surface area contributed by atoms with Gasteiger partial charge >= 0.3 is 5.97 Å². The monoisotopic (exact) mass is 214 g/mol. The van der Waals surface area contributed by atoms with E-state index in [9.17, 15) is 4.79 Å². The molecule has 0 aliphatic carbocycles. The first-order valence-corrected chi connectivity index (χ1v) is 6.11. The van der Waals surface area contributed by atoms with Crippen molar-refractivity contribution in [2.75, 3.05) is 6.61 Å². The van der Waals surface area contributed by atoms with Gasteiger partial charge in [0.2, 0.25) is 0 Å². The summed E-state index contributed by atoms with van der Waals surface area (Å²) in [5.41, 5.74) is 0. The second kappa shape index (κ2) is 7.72. The highest BCUT2D eigenvalue weighted by Crippen LogP contribution is 2.12. The van der Waals surface area contributed by atoms with Crippen molar-refractivity contribution in [3.8, 4) is 0 Å². The summed E-state index contributed by atoms with van der Waals surface area (Å²) in [5.74, 6) is 1.09. The maximum absolute atomic E-state index is 11.5. The van der Waals surface area contributed by atoms with Crippen LogP contribution in [-0.2, 0) is 9.53 Å². The van der Waals surface area contributed by atoms with Gasteiger partial charge in [-0.25, -0.2) is 0 Å². The van der Waals surface area contributed by atoms with Gasteiger partial charge < -0.3 is 4.74 Å². The molecule has 0 heterocycles. The molecule has 1 atom stereocenters. The Balaban J connectivity index is 3.47. The highest BCUT2D eigenvalue weighted by atomic mass is 16.5. The summed E-state index contributed by atoms with van der Waals surface area (Å²) < 4.78 is 5.21. The number of hydrogen-bond donors (Lipinski definition) is 0. The van der Waals surface area contributed by atoms with Crippen molar-refractivity contribution in [2.45, 2.75) is 53.9 Å². The van der Waals surface area contributed by atoms with Crippen molar-refractivity contribution in [2.24, 2.45) is 17.8 Å². The molecule has 90 valence electrons. The molecule has 15 heavy (non-hydrogen) atoms. The Hall–Kier alpha value is -0.530. The molecule has 0 rings (SSSR count). The van der Waals surface area contributed by atoms with E-state index in [2.05, 4.69) is 13.8 Å². The molecule has 0 amide bonds. The minimum absolute atomic E-state index is 0.0232. The van der Waals surface area contributed by atoms with Gasteiger partial charge in [0.05, 0.1) is 12.5 Å². The third-order valence-corrected chi connectivity index (χ3v) is 2.79. The molecule has 2 heteroatoms. The Morgan fingerprint density at radius 3 is 2.13 bits per heavy atom. The predicted octanol–water partition coefficient (Wildman–Crippen LogP) is 3.65. The van der Waals surface area contributed by atoms with Crippen LogP contribution in [0.15, 0.2) is 0 Å². The average Bonchev–Trinajstić information content (AvgIpc) is 2.15. The molecule has 0 aliphatic heterocycles. The first-order valence-electron chi connectivity index (χ1n) is 6.11. The van der Waals surface area contributed by atoms with Crippen LogP contribution in [0.4, 0.5) is 0 Å². The van der Waals surface area contributed by atoms with Gasteiger partial charge in [-0.15, -0.1) is 0 Å². The molecule has 0 saturated carbocycles. The number of unbranched alkanes of at least 4 members (excludes halogenated alkanes) is 1. The highest BCUT2D eigenvalue weighted by Gasteiger charge is 2.17. The molecule has 0 bridgehead atoms. The lowest BCUT2D eigenvalue weighted by atomic mass is 9.99. The summed E-state index contributed by atoms with van der Waals surface area (Å²) in [5, 5.41) is 0. The van der Waals surface area contributed by atoms with E-state index in [0.29, 0.717) is 12.5 Å². The Labute approximate surface area is 94.4 Å². The minimum atomic E-state index is -0.0467. The molecule has 0 saturated heterocycles. The average molecular weight is 214 g/mol. The standard InChI is InChI=1S/C13H26O2/c1-10(2)8-6-7-9-15-13(14)12(5)11(3)4/h10-12H,6-9H2,1-5H3/t12-/m0/s1. The molecular weight excluding hydrogens is 188 g/mol. The van der Waals surface area contributed by atoms with E-state index in [1.54, 1.807) is 0 Å². The van der Waals surface area contributed by atoms with E-state index in [1.165, 1.54) is 6.42 Å². The second-order valence-electron chi connectivity index (χ2n) is 5.09. The maximum atomic E-state index is 11.5. The van der Waals surface area contributed by atoms with Gasteiger partial charge in [0.25, 0.3) is 0 Å². The maximum Gasteiger partial charge on any atom is 0.308 e. The van der Waals surface area contributed by atoms with Gasteiger partial charge in [0, 0.05) is 0 Å². The van der Waals surface area contributed by atoms with Crippen molar-refractivity contribution in [3.05, 3.63) is 0 Å². The molecule has 0 aromatic rings. The van der Waals surface area contributed by atoms with E-state index < -0.39 is 0 Å². The van der Waals surface area contributed by atoms with Crippen LogP contribution in [0.25, 0.3) is 0 Å². The zero-order valence-electron chi connectivity index (χ0n) is 10.9. The van der Waals surface area contributed by atoms with Crippen molar-refractivity contribution in [1.82, 2.24) is 0 Å². The van der Waals surface area contributed by atoms with Crippen LogP contribution in [0.5, 0.6) is 0 Å². The SMILES string of the molecule is CC(C)CCCCOC(=O)[C@@H](C)C(C)C. The summed E-state index contributed by atoms with van der Waals surface area (Å²) in [6.07, 6.45) is 3.37. The zero-order chi connectivity index (χ0) is 11.8. The normalized spacial score (nSPS) is 13.3. The molecule has 0 radical (unpaired) electrons. The number of carbonyl (C=O) groups is 1. The first-order chi connectivity index (χ1) is 6.95. The molecule has 0 aromatic carbocycles. The predicted molar refractivity (Wildman–Crippen MR) is 63.7 cm³/mol. The van der Waals surface area contributed by atoms with Crippen LogP contribution in [0.1, 0.15) is 53.9 Å². The lowest BCUT2D eigenvalue weighted by Gasteiger charge is -2.14. The molecule has 0 spiro atoms. The van der Waals surface area contributed by atoms with E-state index in [1.807, 2.05) is 20.8 Å². The molecule has 0 unspecified atom stereocenters. The van der Waals surface area contributed by atoms with Gasteiger partial charge in [-0.1, -0.05) is 41.0 Å². The van der Waals surface area contributed by atoms with Gasteiger partial charge in [0.1, 0.15) is 0 Å². The Morgan fingerprint density at radius 1 is 1.07 bits per heavy atom. The Morgan fingerprint density at radius 2 is 1.67 bits per heavy atom. The van der Waals surface area contributed by atoms with Crippen LogP contribution >= 0.6 is 0 Å². The summed E-state index contributed by atoms with van der Waals surface area (Å²) in [7, 11) is 0. The topological polar surface area (TPSA) is 26.3 Å². The smallest absolute Gasteiger partial charge is 0.308 e. The molecule has 2 nitrogen and oxygen atoms in total. The Bertz CT molecular complexity index is 173.